The summed E-state index contributed by atoms with van der Waals surface area (Å²) in [6.45, 7) is 4.53. The number of nitrogens with zero attached hydrogens (tertiary/aromatic N) is 4. The Kier molecular flexibility index (Phi) is 7.46. The van der Waals surface area contributed by atoms with Crippen LogP contribution in [0.25, 0.3) is 21.8 Å². The molecule has 2 aliphatic rings. The molecule has 6 rings (SSSR count). The number of hydrogen-bond acceptors (Lipinski definition) is 7. The highest BCUT2D eigenvalue weighted by atomic mass is 16.5. The summed E-state index contributed by atoms with van der Waals surface area (Å²) in [5.41, 5.74) is 5.70. The van der Waals surface area contributed by atoms with Crippen molar-refractivity contribution in [2.45, 2.75) is 26.9 Å². The predicted molar refractivity (Wildman–Crippen MR) is 141 cm³/mol. The van der Waals surface area contributed by atoms with Gasteiger partial charge in [-0.25, -0.2) is 4.79 Å². The van der Waals surface area contributed by atoms with Gasteiger partial charge in [0.05, 0.1) is 54.1 Å². The van der Waals surface area contributed by atoms with Crippen LogP contribution in [0.15, 0.2) is 60.9 Å². The summed E-state index contributed by atoms with van der Waals surface area (Å²) in [6, 6.07) is 15.5. The number of rotatable bonds is 4. The molecule has 2 fully saturated rings. The van der Waals surface area contributed by atoms with E-state index >= 15 is 0 Å². The summed E-state index contributed by atoms with van der Waals surface area (Å²) in [5, 5.41) is 11.2. The van der Waals surface area contributed by atoms with Crippen molar-refractivity contribution in [3.8, 4) is 0 Å². The van der Waals surface area contributed by atoms with Crippen LogP contribution in [-0.4, -0.2) is 54.3 Å². The minimum atomic E-state index is -0.314. The lowest BCUT2D eigenvalue weighted by Crippen LogP contribution is -2.36. The first kappa shape index (κ1) is 24.4. The Hall–Kier alpha value is -3.71. The van der Waals surface area contributed by atoms with Crippen LogP contribution >= 0.6 is 0 Å². The van der Waals surface area contributed by atoms with E-state index in [9.17, 15) is 4.79 Å². The van der Waals surface area contributed by atoms with Crippen molar-refractivity contribution in [3.63, 3.8) is 0 Å². The van der Waals surface area contributed by atoms with Gasteiger partial charge in [-0.2, -0.15) is 0 Å². The summed E-state index contributed by atoms with van der Waals surface area (Å²) in [4.78, 5) is 24.9. The van der Waals surface area contributed by atoms with Crippen LogP contribution in [0.4, 0.5) is 11.4 Å². The van der Waals surface area contributed by atoms with E-state index in [0.29, 0.717) is 5.56 Å². The van der Waals surface area contributed by atoms with E-state index in [4.69, 9.17) is 9.84 Å². The number of pyridine rings is 2. The smallest absolute Gasteiger partial charge is 0.337 e. The van der Waals surface area contributed by atoms with Crippen LogP contribution in [0.2, 0.25) is 0 Å². The molecule has 0 aliphatic carbocycles. The fourth-order valence-corrected chi connectivity index (χ4v) is 4.13. The second-order valence-electron chi connectivity index (χ2n) is 8.65. The second-order valence-corrected chi connectivity index (χ2v) is 8.65. The van der Waals surface area contributed by atoms with Gasteiger partial charge in [0.15, 0.2) is 0 Å². The zero-order valence-electron chi connectivity index (χ0n) is 19.3. The van der Waals surface area contributed by atoms with Crippen molar-refractivity contribution in [3.05, 3.63) is 72.1 Å². The Bertz CT molecular complexity index is 1330. The normalized spacial score (nSPS) is 14.3. The molecular formula is C28H32N4O3. The van der Waals surface area contributed by atoms with Gasteiger partial charge in [0.2, 0.25) is 0 Å². The van der Waals surface area contributed by atoms with Crippen LogP contribution in [0.3, 0.4) is 0 Å². The Morgan fingerprint density at radius 3 is 1.89 bits per heavy atom. The van der Waals surface area contributed by atoms with Crippen LogP contribution in [0.5, 0.6) is 0 Å². The topological polar surface area (TPSA) is 78.8 Å². The maximum absolute atomic E-state index is 11.5. The second kappa shape index (κ2) is 10.7. The first-order chi connectivity index (χ1) is 16.6. The molecule has 7 heteroatoms. The van der Waals surface area contributed by atoms with Crippen molar-refractivity contribution in [1.82, 2.24) is 9.97 Å². The summed E-state index contributed by atoms with van der Waals surface area (Å²) in [7, 11) is 1.39. The standard InChI is InChI=1S/C14H14N2O2.C13H14N2O.CH4/c1-18-14(17)10-3-4-13-11(7-10)8-12(9-15-13)16-5-2-6-16;16-9-10-2-3-13-11(6-10)7-12(8-14-13)15-4-1-5-15;/h3-4,7-9H,2,5-6H2,1H3;2-3,6-8,16H,1,4-5,9H2;1H4. The SMILES string of the molecule is C.COC(=O)c1ccc2ncc(N3CCC3)cc2c1.OCc1ccc2ncc(N3CCC3)cc2c1. The number of aliphatic hydroxyl groups excluding tert-OH is 1. The fourth-order valence-electron chi connectivity index (χ4n) is 4.13. The third-order valence-electron chi connectivity index (χ3n) is 6.44. The molecule has 0 atom stereocenters. The summed E-state index contributed by atoms with van der Waals surface area (Å²) in [6.07, 6.45) is 6.33. The monoisotopic (exact) mass is 472 g/mol. The number of benzene rings is 2. The predicted octanol–water partition coefficient (Wildman–Crippen LogP) is 4.80. The van der Waals surface area contributed by atoms with Gasteiger partial charge in [0.25, 0.3) is 0 Å². The number of ether oxygens (including phenoxy) is 1. The average molecular weight is 473 g/mol. The molecule has 4 heterocycles. The highest BCUT2D eigenvalue weighted by Crippen LogP contribution is 2.25. The zero-order valence-corrected chi connectivity index (χ0v) is 19.3. The molecule has 0 bridgehead atoms. The van der Waals surface area contributed by atoms with Gasteiger partial charge in [0, 0.05) is 37.0 Å². The van der Waals surface area contributed by atoms with E-state index in [0.717, 1.165) is 59.2 Å². The van der Waals surface area contributed by atoms with Crippen molar-refractivity contribution >= 4 is 39.1 Å². The quantitative estimate of drug-likeness (QED) is 0.427. The molecule has 2 aromatic heterocycles. The van der Waals surface area contributed by atoms with Crippen molar-refractivity contribution < 1.29 is 14.6 Å². The molecule has 0 saturated carbocycles. The van der Waals surface area contributed by atoms with Crippen molar-refractivity contribution in [1.29, 1.82) is 0 Å². The van der Waals surface area contributed by atoms with E-state index in [1.807, 2.05) is 42.7 Å². The van der Waals surface area contributed by atoms with Gasteiger partial charge < -0.3 is 19.6 Å². The van der Waals surface area contributed by atoms with Crippen LogP contribution in [0.1, 0.15) is 36.2 Å². The third kappa shape index (κ3) is 5.20. The van der Waals surface area contributed by atoms with Crippen LogP contribution < -0.4 is 9.80 Å². The van der Waals surface area contributed by atoms with E-state index in [1.165, 1.54) is 25.6 Å². The zero-order chi connectivity index (χ0) is 23.5. The molecule has 182 valence electrons. The van der Waals surface area contributed by atoms with E-state index in [2.05, 4.69) is 31.9 Å². The Morgan fingerprint density at radius 1 is 0.857 bits per heavy atom. The molecule has 2 saturated heterocycles. The number of carbonyl (C=O) groups is 1. The molecule has 1 N–H and O–H groups in total. The average Bonchev–Trinajstić information content (AvgIpc) is 2.81. The van der Waals surface area contributed by atoms with Crippen molar-refractivity contribution in [2.24, 2.45) is 0 Å². The minimum absolute atomic E-state index is 0. The van der Waals surface area contributed by atoms with Gasteiger partial charge >= 0.3 is 5.97 Å². The number of aromatic nitrogens is 2. The number of carbonyl (C=O) groups excluding carboxylic acids is 1. The first-order valence-corrected chi connectivity index (χ1v) is 11.6. The fraction of sp³-hybridized carbons (Fsp3) is 0.321. The summed E-state index contributed by atoms with van der Waals surface area (Å²) < 4.78 is 4.73. The Balaban J connectivity index is 0.000000161. The molecule has 0 radical (unpaired) electrons. The van der Waals surface area contributed by atoms with Gasteiger partial charge in [-0.05, 0) is 60.9 Å². The number of esters is 1. The van der Waals surface area contributed by atoms with Crippen molar-refractivity contribution in [2.75, 3.05) is 43.1 Å². The number of fused-ring (bicyclic) bond motifs is 2. The summed E-state index contributed by atoms with van der Waals surface area (Å²) in [5.74, 6) is -0.314. The molecule has 35 heavy (non-hydrogen) atoms. The highest BCUT2D eigenvalue weighted by Gasteiger charge is 2.16. The van der Waals surface area contributed by atoms with Gasteiger partial charge in [-0.15, -0.1) is 0 Å². The molecule has 0 unspecified atom stereocenters. The molecule has 2 aromatic carbocycles. The molecule has 4 aromatic rings. The lowest BCUT2D eigenvalue weighted by molar-refractivity contribution is 0.0601. The maximum atomic E-state index is 11.5. The molecule has 0 amide bonds. The van der Waals surface area contributed by atoms with Gasteiger partial charge in [-0.1, -0.05) is 13.5 Å². The molecule has 7 nitrogen and oxygen atoms in total. The number of anilines is 2. The van der Waals surface area contributed by atoms with Crippen LogP contribution in [0, 0.1) is 0 Å². The maximum Gasteiger partial charge on any atom is 0.337 e. The number of aliphatic hydroxyl groups is 1. The van der Waals surface area contributed by atoms with E-state index < -0.39 is 0 Å². The largest absolute Gasteiger partial charge is 0.465 e. The summed E-state index contributed by atoms with van der Waals surface area (Å²) >= 11 is 0. The van der Waals surface area contributed by atoms with Gasteiger partial charge in [0.1, 0.15) is 0 Å². The number of hydrogen-bond donors (Lipinski definition) is 1. The van der Waals surface area contributed by atoms with Gasteiger partial charge in [-0.3, -0.25) is 9.97 Å². The first-order valence-electron chi connectivity index (χ1n) is 11.6. The molecular weight excluding hydrogens is 440 g/mol. The lowest BCUT2D eigenvalue weighted by atomic mass is 10.1. The van der Waals surface area contributed by atoms with E-state index in [-0.39, 0.29) is 20.0 Å². The minimum Gasteiger partial charge on any atom is -0.465 e. The Morgan fingerprint density at radius 2 is 1.40 bits per heavy atom. The number of methoxy groups -OCH3 is 1. The van der Waals surface area contributed by atoms with E-state index in [1.54, 1.807) is 6.07 Å². The van der Waals surface area contributed by atoms with Crippen LogP contribution in [-0.2, 0) is 11.3 Å². The highest BCUT2D eigenvalue weighted by molar-refractivity contribution is 5.95. The molecule has 0 spiro atoms. The Labute approximate surface area is 206 Å². The third-order valence-corrected chi connectivity index (χ3v) is 6.44. The molecule has 2 aliphatic heterocycles. The lowest BCUT2D eigenvalue weighted by Gasteiger charge is -2.32.